The summed E-state index contributed by atoms with van der Waals surface area (Å²) in [6, 6.07) is 0. The lowest BCUT2D eigenvalue weighted by Gasteiger charge is -2.27. The zero-order valence-electron chi connectivity index (χ0n) is 11.1. The molecule has 0 saturated carbocycles. The van der Waals surface area contributed by atoms with Crippen molar-refractivity contribution in [2.24, 2.45) is 0 Å². The average Bonchev–Trinajstić information content (AvgIpc) is 2.91. The lowest BCUT2D eigenvalue weighted by atomic mass is 9.96. The molecule has 10 heteroatoms. The molecule has 1 aliphatic heterocycles. The van der Waals surface area contributed by atoms with Gasteiger partial charge in [-0.15, -0.1) is 0 Å². The number of nitrogens with one attached hydrogen (secondary N) is 1. The molecule has 2 unspecified atom stereocenters. The van der Waals surface area contributed by atoms with Gasteiger partial charge in [-0.2, -0.15) is 4.98 Å². The van der Waals surface area contributed by atoms with Crippen LogP contribution in [0, 0.1) is 0 Å². The van der Waals surface area contributed by atoms with Crippen molar-refractivity contribution in [2.45, 2.75) is 31.0 Å². The molecule has 0 spiro atoms. The number of nitrogens with zero attached hydrogens (tertiary/aromatic N) is 3. The van der Waals surface area contributed by atoms with Gasteiger partial charge in [-0.05, 0) is 6.92 Å². The number of aromatic amines is 1. The predicted octanol–water partition coefficient (Wildman–Crippen LogP) is -2.30. The average molecular weight is 297 g/mol. The van der Waals surface area contributed by atoms with Gasteiger partial charge in [0, 0.05) is 0 Å². The number of fused-ring (bicyclic) bond motifs is 1. The third kappa shape index (κ3) is 1.92. The number of anilines is 1. The van der Waals surface area contributed by atoms with E-state index in [2.05, 4.69) is 15.0 Å². The molecular weight excluding hydrogens is 282 g/mol. The summed E-state index contributed by atoms with van der Waals surface area (Å²) in [5.41, 5.74) is 3.44. The van der Waals surface area contributed by atoms with Crippen LogP contribution in [0.15, 0.2) is 11.1 Å². The van der Waals surface area contributed by atoms with Crippen LogP contribution in [0.1, 0.15) is 13.2 Å². The highest BCUT2D eigenvalue weighted by molar-refractivity contribution is 5.70. The van der Waals surface area contributed by atoms with Crippen molar-refractivity contribution in [1.29, 1.82) is 0 Å². The number of aliphatic hydroxyl groups excluding tert-OH is 2. The Bertz CT molecular complexity index is 738. The van der Waals surface area contributed by atoms with Crippen LogP contribution in [0.25, 0.3) is 11.2 Å². The minimum Gasteiger partial charge on any atom is -0.394 e. The molecule has 10 nitrogen and oxygen atoms in total. The molecule has 0 aromatic carbocycles. The zero-order chi connectivity index (χ0) is 15.4. The summed E-state index contributed by atoms with van der Waals surface area (Å²) in [7, 11) is 0. The lowest BCUT2D eigenvalue weighted by molar-refractivity contribution is -0.0950. The molecule has 2 aromatic rings. The molecule has 1 aliphatic rings. The summed E-state index contributed by atoms with van der Waals surface area (Å²) in [6.45, 7) is 0.900. The van der Waals surface area contributed by atoms with Crippen LogP contribution in [-0.2, 0) is 4.74 Å². The Morgan fingerprint density at radius 3 is 2.95 bits per heavy atom. The normalized spacial score (nSPS) is 32.9. The van der Waals surface area contributed by atoms with Crippen LogP contribution in [-0.4, -0.2) is 59.3 Å². The smallest absolute Gasteiger partial charge is 0.280 e. The molecule has 0 aliphatic carbocycles. The Balaban J connectivity index is 2.15. The van der Waals surface area contributed by atoms with Crippen LogP contribution in [0.3, 0.4) is 0 Å². The van der Waals surface area contributed by atoms with Gasteiger partial charge in [0.1, 0.15) is 17.8 Å². The fourth-order valence-electron chi connectivity index (χ4n) is 2.50. The molecule has 2 aromatic heterocycles. The second-order valence-corrected chi connectivity index (χ2v) is 5.16. The van der Waals surface area contributed by atoms with Crippen molar-refractivity contribution >= 4 is 17.1 Å². The van der Waals surface area contributed by atoms with Gasteiger partial charge in [0.25, 0.3) is 5.56 Å². The van der Waals surface area contributed by atoms with E-state index in [1.165, 1.54) is 17.8 Å². The zero-order valence-corrected chi connectivity index (χ0v) is 11.1. The van der Waals surface area contributed by atoms with E-state index in [1.54, 1.807) is 0 Å². The second-order valence-electron chi connectivity index (χ2n) is 5.16. The Labute approximate surface area is 117 Å². The van der Waals surface area contributed by atoms with E-state index < -0.39 is 36.2 Å². The summed E-state index contributed by atoms with van der Waals surface area (Å²) in [5.74, 6) is -0.105. The summed E-state index contributed by atoms with van der Waals surface area (Å²) in [4.78, 5) is 21.9. The third-order valence-electron chi connectivity index (χ3n) is 3.64. The Morgan fingerprint density at radius 2 is 2.33 bits per heavy atom. The summed E-state index contributed by atoms with van der Waals surface area (Å²) in [6.07, 6.45) is -2.06. The number of imidazole rings is 1. The highest BCUT2D eigenvalue weighted by atomic mass is 16.6. The van der Waals surface area contributed by atoms with Crippen LogP contribution in [0.2, 0.25) is 0 Å². The SMILES string of the molecule is CC1(O)[C@@H](O)C(CO)O[C@H]1n1cnc2c(=O)[nH]c(N)nc21. The number of ether oxygens (including phenoxy) is 1. The van der Waals surface area contributed by atoms with Crippen molar-refractivity contribution in [3.63, 3.8) is 0 Å². The first-order valence-electron chi connectivity index (χ1n) is 6.25. The fourth-order valence-corrected chi connectivity index (χ4v) is 2.50. The minimum absolute atomic E-state index is 0.0329. The second kappa shape index (κ2) is 4.49. The van der Waals surface area contributed by atoms with Gasteiger partial charge >= 0.3 is 0 Å². The molecule has 0 amide bonds. The van der Waals surface area contributed by atoms with Crippen molar-refractivity contribution in [2.75, 3.05) is 12.3 Å². The van der Waals surface area contributed by atoms with E-state index in [4.69, 9.17) is 10.5 Å². The lowest BCUT2D eigenvalue weighted by Crippen LogP contribution is -2.44. The van der Waals surface area contributed by atoms with Crippen LogP contribution >= 0.6 is 0 Å². The standard InChI is InChI=1S/C11H15N5O5/c1-11(20)6(18)4(2-17)21-9(11)16-3-13-5-7(16)14-10(12)15-8(5)19/h3-4,6,9,17-18,20H,2H2,1H3,(H3,12,14,15,19)/t4?,6-,9+,11?/m0/s1. The van der Waals surface area contributed by atoms with Crippen molar-refractivity contribution < 1.29 is 20.1 Å². The van der Waals surface area contributed by atoms with Gasteiger partial charge in [0.05, 0.1) is 12.9 Å². The number of aliphatic hydroxyl groups is 3. The van der Waals surface area contributed by atoms with Gasteiger partial charge in [-0.3, -0.25) is 14.3 Å². The first-order valence-corrected chi connectivity index (χ1v) is 6.25. The van der Waals surface area contributed by atoms with E-state index in [0.717, 1.165) is 0 Å². The number of nitrogen functional groups attached to an aromatic ring is 1. The monoisotopic (exact) mass is 297 g/mol. The number of H-pyrrole nitrogens is 1. The molecule has 21 heavy (non-hydrogen) atoms. The first-order chi connectivity index (χ1) is 9.86. The van der Waals surface area contributed by atoms with Crippen molar-refractivity contribution in [3.8, 4) is 0 Å². The third-order valence-corrected chi connectivity index (χ3v) is 3.64. The van der Waals surface area contributed by atoms with Gasteiger partial charge < -0.3 is 25.8 Å². The summed E-state index contributed by atoms with van der Waals surface area (Å²) >= 11 is 0. The van der Waals surface area contributed by atoms with Gasteiger partial charge in [-0.1, -0.05) is 0 Å². The first kappa shape index (κ1) is 13.9. The number of hydrogen-bond donors (Lipinski definition) is 5. The highest BCUT2D eigenvalue weighted by Gasteiger charge is 2.53. The molecule has 1 fully saturated rings. The minimum atomic E-state index is -1.69. The quantitative estimate of drug-likeness (QED) is 0.414. The van der Waals surface area contributed by atoms with E-state index in [1.807, 2.05) is 0 Å². The summed E-state index contributed by atoms with van der Waals surface area (Å²) in [5, 5.41) is 29.6. The Hall–Kier alpha value is -2.01. The molecule has 6 N–H and O–H groups in total. The van der Waals surface area contributed by atoms with Gasteiger partial charge in [0.15, 0.2) is 17.4 Å². The number of rotatable bonds is 2. The van der Waals surface area contributed by atoms with Crippen molar-refractivity contribution in [1.82, 2.24) is 19.5 Å². The van der Waals surface area contributed by atoms with Crippen LogP contribution in [0.4, 0.5) is 5.95 Å². The molecule has 1 saturated heterocycles. The number of nitrogens with two attached hydrogens (primary N) is 1. The predicted molar refractivity (Wildman–Crippen MR) is 70.2 cm³/mol. The molecule has 3 heterocycles. The maximum absolute atomic E-state index is 11.7. The molecular formula is C11H15N5O5. The summed E-state index contributed by atoms with van der Waals surface area (Å²) < 4.78 is 6.76. The largest absolute Gasteiger partial charge is 0.394 e. The van der Waals surface area contributed by atoms with E-state index in [0.29, 0.717) is 0 Å². The fraction of sp³-hybridized carbons (Fsp3) is 0.545. The Morgan fingerprint density at radius 1 is 1.62 bits per heavy atom. The van der Waals surface area contributed by atoms with E-state index in [-0.39, 0.29) is 17.1 Å². The van der Waals surface area contributed by atoms with E-state index >= 15 is 0 Å². The maximum atomic E-state index is 11.7. The Kier molecular flexibility index (Phi) is 2.99. The molecule has 114 valence electrons. The maximum Gasteiger partial charge on any atom is 0.280 e. The van der Waals surface area contributed by atoms with Crippen molar-refractivity contribution in [3.05, 3.63) is 16.7 Å². The molecule has 0 bridgehead atoms. The molecule has 4 atom stereocenters. The van der Waals surface area contributed by atoms with Crippen LogP contribution < -0.4 is 11.3 Å². The molecule has 0 radical (unpaired) electrons. The number of aromatic nitrogens is 4. The molecule has 3 rings (SSSR count). The van der Waals surface area contributed by atoms with Gasteiger partial charge in [-0.25, -0.2) is 4.98 Å². The highest BCUT2D eigenvalue weighted by Crippen LogP contribution is 2.38. The number of hydrogen-bond acceptors (Lipinski definition) is 8. The van der Waals surface area contributed by atoms with Gasteiger partial charge in [0.2, 0.25) is 5.95 Å². The van der Waals surface area contributed by atoms with Crippen LogP contribution in [0.5, 0.6) is 0 Å². The van der Waals surface area contributed by atoms with E-state index in [9.17, 15) is 20.1 Å². The topological polar surface area (TPSA) is 160 Å².